The Morgan fingerprint density at radius 3 is 2.22 bits per heavy atom. The Morgan fingerprint density at radius 1 is 1.09 bits per heavy atom. The zero-order valence-electron chi connectivity index (χ0n) is 13.6. The van der Waals surface area contributed by atoms with E-state index < -0.39 is 17.5 Å². The Morgan fingerprint density at radius 2 is 1.70 bits per heavy atom. The molecule has 2 nitrogen and oxygen atoms in total. The molecule has 1 heterocycles. The average molecular weight is 340 g/mol. The van der Waals surface area contributed by atoms with E-state index in [4.69, 9.17) is 0 Å². The number of hydrogen-bond donors (Lipinski definition) is 0. The fourth-order valence-corrected chi connectivity index (χ4v) is 2.85. The summed E-state index contributed by atoms with van der Waals surface area (Å²) in [7, 11) is 0. The van der Waals surface area contributed by atoms with Gasteiger partial charge in [-0.15, -0.1) is 0 Å². The molecule has 0 spiro atoms. The van der Waals surface area contributed by atoms with Crippen molar-refractivity contribution in [2.45, 2.75) is 38.8 Å². The van der Waals surface area contributed by atoms with Gasteiger partial charge in [-0.25, -0.2) is 23.1 Å². The molecule has 0 bridgehead atoms. The van der Waals surface area contributed by atoms with Gasteiger partial charge in [0.15, 0.2) is 5.16 Å². The molecule has 1 aromatic carbocycles. The standard InChI is InChI=1S/C17H19F3N2S/c1-5-9(2)6-14-15(10(3)21-17(22-14)23-4)16-12(19)7-11(18)8-13(16)20/h7-9H,5-6H2,1-4H3. The summed E-state index contributed by atoms with van der Waals surface area (Å²) >= 11 is 1.38. The van der Waals surface area contributed by atoms with Crippen molar-refractivity contribution in [2.75, 3.05) is 6.26 Å². The van der Waals surface area contributed by atoms with Crippen molar-refractivity contribution in [1.29, 1.82) is 0 Å². The lowest BCUT2D eigenvalue weighted by Gasteiger charge is -2.16. The summed E-state index contributed by atoms with van der Waals surface area (Å²) in [4.78, 5) is 8.74. The van der Waals surface area contributed by atoms with Crippen LogP contribution >= 0.6 is 11.8 Å². The molecule has 0 saturated carbocycles. The van der Waals surface area contributed by atoms with Crippen molar-refractivity contribution in [2.24, 2.45) is 5.92 Å². The number of aryl methyl sites for hydroxylation is 1. The second-order valence-corrected chi connectivity index (χ2v) is 6.35. The maximum absolute atomic E-state index is 14.2. The zero-order valence-corrected chi connectivity index (χ0v) is 14.4. The molecule has 0 radical (unpaired) electrons. The monoisotopic (exact) mass is 340 g/mol. The molecule has 2 rings (SSSR count). The normalized spacial score (nSPS) is 12.5. The van der Waals surface area contributed by atoms with Gasteiger partial charge < -0.3 is 0 Å². The largest absolute Gasteiger partial charge is 0.227 e. The van der Waals surface area contributed by atoms with Crippen molar-refractivity contribution in [1.82, 2.24) is 9.97 Å². The lowest BCUT2D eigenvalue weighted by atomic mass is 9.94. The number of thioether (sulfide) groups is 1. The molecule has 0 N–H and O–H groups in total. The van der Waals surface area contributed by atoms with Gasteiger partial charge in [-0.05, 0) is 25.5 Å². The Bertz CT molecular complexity index is 696. The van der Waals surface area contributed by atoms with Crippen LogP contribution in [0, 0.1) is 30.3 Å². The van der Waals surface area contributed by atoms with Gasteiger partial charge in [0.1, 0.15) is 17.5 Å². The predicted molar refractivity (Wildman–Crippen MR) is 87.0 cm³/mol. The molecule has 2 aromatic rings. The Labute approximate surface area is 138 Å². The van der Waals surface area contributed by atoms with E-state index in [2.05, 4.69) is 16.9 Å². The lowest BCUT2D eigenvalue weighted by molar-refractivity contribution is 0.539. The quantitative estimate of drug-likeness (QED) is 0.554. The Balaban J connectivity index is 2.70. The molecule has 23 heavy (non-hydrogen) atoms. The molecule has 0 fully saturated rings. The molecule has 0 aliphatic heterocycles. The van der Waals surface area contributed by atoms with E-state index >= 15 is 0 Å². The van der Waals surface area contributed by atoms with E-state index in [1.165, 1.54) is 11.8 Å². The van der Waals surface area contributed by atoms with Crippen LogP contribution in [0.25, 0.3) is 11.1 Å². The van der Waals surface area contributed by atoms with Crippen molar-refractivity contribution in [3.8, 4) is 11.1 Å². The zero-order chi connectivity index (χ0) is 17.1. The minimum absolute atomic E-state index is 0.255. The van der Waals surface area contributed by atoms with Crippen LogP contribution in [0.3, 0.4) is 0 Å². The molecular formula is C17H19F3N2S. The van der Waals surface area contributed by atoms with Crippen LogP contribution < -0.4 is 0 Å². The highest BCUT2D eigenvalue weighted by molar-refractivity contribution is 7.98. The fourth-order valence-electron chi connectivity index (χ4n) is 2.42. The summed E-state index contributed by atoms with van der Waals surface area (Å²) in [5, 5.41) is 0.562. The number of nitrogens with zero attached hydrogens (tertiary/aromatic N) is 2. The van der Waals surface area contributed by atoms with Crippen LogP contribution in [0.1, 0.15) is 31.7 Å². The summed E-state index contributed by atoms with van der Waals surface area (Å²) in [5.74, 6) is -2.50. The van der Waals surface area contributed by atoms with Gasteiger partial charge in [0.05, 0.1) is 17.0 Å². The fraction of sp³-hybridized carbons (Fsp3) is 0.412. The lowest BCUT2D eigenvalue weighted by Crippen LogP contribution is -2.08. The van der Waals surface area contributed by atoms with Crippen LogP contribution in [-0.2, 0) is 6.42 Å². The number of rotatable bonds is 5. The van der Waals surface area contributed by atoms with Crippen LogP contribution in [0.4, 0.5) is 13.2 Å². The second-order valence-electron chi connectivity index (χ2n) is 5.58. The van der Waals surface area contributed by atoms with E-state index in [9.17, 15) is 13.2 Å². The van der Waals surface area contributed by atoms with Gasteiger partial charge in [0, 0.05) is 17.7 Å². The first-order valence-electron chi connectivity index (χ1n) is 7.43. The Hall–Kier alpha value is -1.56. The molecule has 1 unspecified atom stereocenters. The molecule has 1 atom stereocenters. The smallest absolute Gasteiger partial charge is 0.187 e. The van der Waals surface area contributed by atoms with Crippen LogP contribution in [-0.4, -0.2) is 16.2 Å². The van der Waals surface area contributed by atoms with Gasteiger partial charge in [-0.1, -0.05) is 32.0 Å². The first kappa shape index (κ1) is 17.8. The molecule has 124 valence electrons. The molecule has 0 saturated heterocycles. The van der Waals surface area contributed by atoms with Crippen LogP contribution in [0.15, 0.2) is 17.3 Å². The van der Waals surface area contributed by atoms with E-state index in [0.717, 1.165) is 6.42 Å². The van der Waals surface area contributed by atoms with Crippen molar-refractivity contribution >= 4 is 11.8 Å². The molecular weight excluding hydrogens is 321 g/mol. The highest BCUT2D eigenvalue weighted by atomic mass is 32.2. The highest BCUT2D eigenvalue weighted by Gasteiger charge is 2.22. The van der Waals surface area contributed by atoms with Crippen molar-refractivity contribution < 1.29 is 13.2 Å². The van der Waals surface area contributed by atoms with Crippen LogP contribution in [0.5, 0.6) is 0 Å². The first-order valence-corrected chi connectivity index (χ1v) is 8.66. The highest BCUT2D eigenvalue weighted by Crippen LogP contribution is 2.33. The molecule has 1 aromatic heterocycles. The van der Waals surface area contributed by atoms with Gasteiger partial charge in [0.2, 0.25) is 0 Å². The molecule has 0 aliphatic rings. The molecule has 0 amide bonds. The molecule has 6 heteroatoms. The number of benzene rings is 1. The summed E-state index contributed by atoms with van der Waals surface area (Å²) in [5.41, 5.74) is 1.17. The topological polar surface area (TPSA) is 25.8 Å². The number of aromatic nitrogens is 2. The van der Waals surface area contributed by atoms with E-state index in [1.54, 1.807) is 6.92 Å². The maximum atomic E-state index is 14.2. The number of halogens is 3. The van der Waals surface area contributed by atoms with Crippen LogP contribution in [0.2, 0.25) is 0 Å². The summed E-state index contributed by atoms with van der Waals surface area (Å²) in [6, 6.07) is 1.38. The third-order valence-electron chi connectivity index (χ3n) is 3.82. The van der Waals surface area contributed by atoms with Crippen molar-refractivity contribution in [3.05, 3.63) is 41.0 Å². The average Bonchev–Trinajstić information content (AvgIpc) is 2.48. The van der Waals surface area contributed by atoms with E-state index in [-0.39, 0.29) is 5.56 Å². The SMILES string of the molecule is CCC(C)Cc1nc(SC)nc(C)c1-c1c(F)cc(F)cc1F. The Kier molecular flexibility index (Phi) is 5.68. The molecule has 0 aliphatic carbocycles. The second kappa shape index (κ2) is 7.34. The predicted octanol–water partition coefficient (Wildman–Crippen LogP) is 5.18. The van der Waals surface area contributed by atoms with Crippen molar-refractivity contribution in [3.63, 3.8) is 0 Å². The van der Waals surface area contributed by atoms with Gasteiger partial charge in [-0.3, -0.25) is 0 Å². The van der Waals surface area contributed by atoms with Gasteiger partial charge in [0.25, 0.3) is 0 Å². The first-order chi connectivity index (χ1) is 10.9. The van der Waals surface area contributed by atoms with E-state index in [1.807, 2.05) is 13.2 Å². The minimum atomic E-state index is -0.938. The summed E-state index contributed by atoms with van der Waals surface area (Å²) in [6.07, 6.45) is 3.35. The van der Waals surface area contributed by atoms with Gasteiger partial charge >= 0.3 is 0 Å². The van der Waals surface area contributed by atoms with Gasteiger partial charge in [-0.2, -0.15) is 0 Å². The third-order valence-corrected chi connectivity index (χ3v) is 4.37. The maximum Gasteiger partial charge on any atom is 0.187 e. The van der Waals surface area contributed by atoms with E-state index in [0.29, 0.717) is 46.6 Å². The summed E-state index contributed by atoms with van der Waals surface area (Å²) in [6.45, 7) is 5.80. The number of hydrogen-bond acceptors (Lipinski definition) is 3. The minimum Gasteiger partial charge on any atom is -0.227 e. The summed E-state index contributed by atoms with van der Waals surface area (Å²) < 4.78 is 41.6. The third kappa shape index (κ3) is 3.86.